The van der Waals surface area contributed by atoms with Crippen LogP contribution < -0.4 is 10.6 Å². The number of nitrogens with one attached hydrogen (secondary N) is 2. The van der Waals surface area contributed by atoms with E-state index in [-0.39, 0.29) is 11.5 Å². The third-order valence-electron chi connectivity index (χ3n) is 3.60. The number of carbonyl (C=O) groups is 1. The summed E-state index contributed by atoms with van der Waals surface area (Å²) in [6.07, 6.45) is 1.56. The van der Waals surface area contributed by atoms with Crippen LogP contribution in [0.5, 0.6) is 0 Å². The molecule has 2 aromatic carbocycles. The van der Waals surface area contributed by atoms with Gasteiger partial charge in [0.2, 0.25) is 0 Å². The van der Waals surface area contributed by atoms with Crippen LogP contribution in [0, 0.1) is 19.7 Å². The van der Waals surface area contributed by atoms with E-state index < -0.39 is 5.82 Å². The van der Waals surface area contributed by atoms with Gasteiger partial charge in [-0.15, -0.1) is 0 Å². The van der Waals surface area contributed by atoms with Crippen LogP contribution in [0.15, 0.2) is 60.8 Å². The lowest BCUT2D eigenvalue weighted by molar-refractivity contribution is 0.102. The van der Waals surface area contributed by atoms with E-state index in [1.165, 1.54) is 29.3 Å². The Morgan fingerprint density at radius 1 is 0.960 bits per heavy atom. The van der Waals surface area contributed by atoms with Crippen molar-refractivity contribution in [3.63, 3.8) is 0 Å². The van der Waals surface area contributed by atoms with Crippen LogP contribution in [-0.4, -0.2) is 10.9 Å². The highest BCUT2D eigenvalue weighted by Gasteiger charge is 2.07. The molecule has 0 saturated heterocycles. The van der Waals surface area contributed by atoms with Gasteiger partial charge < -0.3 is 10.6 Å². The Hall–Kier alpha value is -3.21. The van der Waals surface area contributed by atoms with Gasteiger partial charge in [0, 0.05) is 11.3 Å². The van der Waals surface area contributed by atoms with Crippen molar-refractivity contribution in [1.82, 2.24) is 4.98 Å². The van der Waals surface area contributed by atoms with Gasteiger partial charge in [0.1, 0.15) is 11.6 Å². The minimum atomic E-state index is -0.446. The van der Waals surface area contributed by atoms with Gasteiger partial charge in [-0.05, 0) is 67.4 Å². The van der Waals surface area contributed by atoms with Crippen LogP contribution >= 0.6 is 0 Å². The van der Waals surface area contributed by atoms with Crippen molar-refractivity contribution < 1.29 is 9.18 Å². The van der Waals surface area contributed by atoms with Crippen LogP contribution in [0.2, 0.25) is 0 Å². The summed E-state index contributed by atoms with van der Waals surface area (Å²) in [7, 11) is 0. The van der Waals surface area contributed by atoms with Gasteiger partial charge in [0.15, 0.2) is 0 Å². The van der Waals surface area contributed by atoms with Crippen LogP contribution in [0.25, 0.3) is 0 Å². The maximum atomic E-state index is 13.2. The second-order valence-electron chi connectivity index (χ2n) is 5.90. The molecule has 0 saturated carbocycles. The first kappa shape index (κ1) is 16.6. The number of nitrogens with zero attached hydrogens (tertiary/aromatic N) is 1. The number of aryl methyl sites for hydroxylation is 2. The third kappa shape index (κ3) is 4.41. The lowest BCUT2D eigenvalue weighted by Crippen LogP contribution is -2.12. The number of carbonyl (C=O) groups excluding carboxylic acids is 1. The summed E-state index contributed by atoms with van der Waals surface area (Å²) >= 11 is 0. The summed E-state index contributed by atoms with van der Waals surface area (Å²) in [5, 5.41) is 5.93. The Kier molecular flexibility index (Phi) is 4.75. The van der Waals surface area contributed by atoms with E-state index in [9.17, 15) is 9.18 Å². The van der Waals surface area contributed by atoms with E-state index in [4.69, 9.17) is 0 Å². The van der Waals surface area contributed by atoms with Crippen molar-refractivity contribution in [1.29, 1.82) is 0 Å². The molecular weight excluding hydrogens is 317 g/mol. The second-order valence-corrected chi connectivity index (χ2v) is 5.90. The van der Waals surface area contributed by atoms with E-state index in [2.05, 4.69) is 21.7 Å². The van der Waals surface area contributed by atoms with Gasteiger partial charge >= 0.3 is 0 Å². The van der Waals surface area contributed by atoms with Gasteiger partial charge in [-0.2, -0.15) is 0 Å². The van der Waals surface area contributed by atoms with Gasteiger partial charge in [0.25, 0.3) is 5.91 Å². The highest BCUT2D eigenvalue weighted by atomic mass is 19.1. The zero-order valence-corrected chi connectivity index (χ0v) is 14.0. The summed E-state index contributed by atoms with van der Waals surface area (Å²) in [5.74, 6) is -0.149. The maximum absolute atomic E-state index is 13.2. The molecule has 0 aliphatic carbocycles. The predicted octanol–water partition coefficient (Wildman–Crippen LogP) is 4.83. The van der Waals surface area contributed by atoms with E-state index in [1.807, 2.05) is 26.0 Å². The molecular formula is C20H18FN3O. The van der Waals surface area contributed by atoms with Crippen molar-refractivity contribution in [2.45, 2.75) is 13.8 Å². The molecule has 0 spiro atoms. The van der Waals surface area contributed by atoms with Crippen molar-refractivity contribution >= 4 is 23.1 Å². The van der Waals surface area contributed by atoms with Crippen LogP contribution in [0.4, 0.5) is 21.6 Å². The number of halogens is 1. The Morgan fingerprint density at radius 3 is 2.36 bits per heavy atom. The molecule has 1 heterocycles. The number of hydrogen-bond donors (Lipinski definition) is 2. The monoisotopic (exact) mass is 335 g/mol. The van der Waals surface area contributed by atoms with Gasteiger partial charge in [-0.1, -0.05) is 12.1 Å². The third-order valence-corrected chi connectivity index (χ3v) is 3.60. The smallest absolute Gasteiger partial charge is 0.255 e. The number of amides is 1. The largest absolute Gasteiger partial charge is 0.340 e. The first-order valence-electron chi connectivity index (χ1n) is 7.88. The Morgan fingerprint density at radius 2 is 1.72 bits per heavy atom. The first-order valence-corrected chi connectivity index (χ1v) is 7.88. The summed E-state index contributed by atoms with van der Waals surface area (Å²) in [5.41, 5.74) is 4.10. The van der Waals surface area contributed by atoms with Crippen molar-refractivity contribution in [3.05, 3.63) is 83.3 Å². The zero-order chi connectivity index (χ0) is 17.8. The molecule has 1 aromatic heterocycles. The van der Waals surface area contributed by atoms with Crippen LogP contribution in [0.1, 0.15) is 21.5 Å². The van der Waals surface area contributed by atoms with Gasteiger partial charge in [0.05, 0.1) is 11.9 Å². The van der Waals surface area contributed by atoms with Crippen molar-refractivity contribution in [2.75, 3.05) is 10.6 Å². The number of rotatable bonds is 4. The van der Waals surface area contributed by atoms with Gasteiger partial charge in [-0.3, -0.25) is 4.79 Å². The Balaban J connectivity index is 1.68. The molecule has 2 N–H and O–H groups in total. The van der Waals surface area contributed by atoms with E-state index in [0.29, 0.717) is 11.5 Å². The first-order chi connectivity index (χ1) is 12.0. The highest BCUT2D eigenvalue weighted by Crippen LogP contribution is 2.19. The molecule has 0 atom stereocenters. The zero-order valence-electron chi connectivity index (χ0n) is 14.0. The normalized spacial score (nSPS) is 10.4. The minimum absolute atomic E-state index is 0.262. The number of pyridine rings is 1. The molecule has 0 radical (unpaired) electrons. The molecule has 0 fully saturated rings. The molecule has 25 heavy (non-hydrogen) atoms. The standard InChI is InChI=1S/C20H18FN3O/c1-13-8-14(2)10-18(9-13)23-19-7-6-17(12-22-19)24-20(25)15-4-3-5-16(21)11-15/h3-12H,1-2H3,(H,22,23)(H,24,25). The van der Waals surface area contributed by atoms with E-state index in [1.54, 1.807) is 24.4 Å². The van der Waals surface area contributed by atoms with E-state index >= 15 is 0 Å². The minimum Gasteiger partial charge on any atom is -0.340 e. The molecule has 1 amide bonds. The molecule has 0 unspecified atom stereocenters. The quantitative estimate of drug-likeness (QED) is 0.718. The number of hydrogen-bond acceptors (Lipinski definition) is 3. The molecule has 3 aromatic rings. The Labute approximate surface area is 145 Å². The maximum Gasteiger partial charge on any atom is 0.255 e. The van der Waals surface area contributed by atoms with Crippen molar-refractivity contribution in [2.24, 2.45) is 0 Å². The summed E-state index contributed by atoms with van der Waals surface area (Å²) in [4.78, 5) is 16.4. The lowest BCUT2D eigenvalue weighted by atomic mass is 10.1. The number of aromatic nitrogens is 1. The predicted molar refractivity (Wildman–Crippen MR) is 97.8 cm³/mol. The molecule has 0 aliphatic rings. The van der Waals surface area contributed by atoms with Crippen LogP contribution in [0.3, 0.4) is 0 Å². The molecule has 3 rings (SSSR count). The fourth-order valence-electron chi connectivity index (χ4n) is 2.57. The summed E-state index contributed by atoms with van der Waals surface area (Å²) in [6.45, 7) is 4.08. The highest BCUT2D eigenvalue weighted by molar-refractivity contribution is 6.04. The average molecular weight is 335 g/mol. The molecule has 4 nitrogen and oxygen atoms in total. The topological polar surface area (TPSA) is 54.0 Å². The molecule has 0 bridgehead atoms. The van der Waals surface area contributed by atoms with Crippen molar-refractivity contribution in [3.8, 4) is 0 Å². The summed E-state index contributed by atoms with van der Waals surface area (Å²) < 4.78 is 13.2. The van der Waals surface area contributed by atoms with E-state index in [0.717, 1.165) is 5.69 Å². The van der Waals surface area contributed by atoms with Crippen LogP contribution in [-0.2, 0) is 0 Å². The molecule has 0 aliphatic heterocycles. The Bertz CT molecular complexity index is 887. The molecule has 126 valence electrons. The average Bonchev–Trinajstić information content (AvgIpc) is 2.56. The number of benzene rings is 2. The molecule has 5 heteroatoms. The van der Waals surface area contributed by atoms with Gasteiger partial charge in [-0.25, -0.2) is 9.37 Å². The summed E-state index contributed by atoms with van der Waals surface area (Å²) in [6, 6.07) is 15.2. The second kappa shape index (κ2) is 7.13. The SMILES string of the molecule is Cc1cc(C)cc(Nc2ccc(NC(=O)c3cccc(F)c3)cn2)c1. The number of anilines is 3. The lowest BCUT2D eigenvalue weighted by Gasteiger charge is -2.09. The fourth-order valence-corrected chi connectivity index (χ4v) is 2.57. The fraction of sp³-hybridized carbons (Fsp3) is 0.100.